The molecule has 0 aliphatic rings. The van der Waals surface area contributed by atoms with E-state index in [1.807, 2.05) is 0 Å². The molecule has 0 saturated heterocycles. The predicted molar refractivity (Wildman–Crippen MR) is 68.8 cm³/mol. The molecule has 0 N–H and O–H groups in total. The van der Waals surface area contributed by atoms with Gasteiger partial charge in [0, 0.05) is 0 Å². The second-order valence-corrected chi connectivity index (χ2v) is 6.31. The van der Waals surface area contributed by atoms with E-state index < -0.39 is 44.7 Å². The summed E-state index contributed by atoms with van der Waals surface area (Å²) in [7, 11) is -6.06. The molecule has 0 spiro atoms. The van der Waals surface area contributed by atoms with E-state index in [1.165, 1.54) is 0 Å². The summed E-state index contributed by atoms with van der Waals surface area (Å²) in [4.78, 5) is 10.8. The number of alkyl halides is 9. The highest BCUT2D eigenvalue weighted by atomic mass is 32.2. The quantitative estimate of drug-likeness (QED) is 0.373. The number of carbonyl (C=O) groups is 1. The lowest BCUT2D eigenvalue weighted by atomic mass is 10.1. The number of ether oxygens (including phenoxy) is 1. The van der Waals surface area contributed by atoms with E-state index in [9.17, 15) is 52.7 Å². The van der Waals surface area contributed by atoms with Crippen molar-refractivity contribution in [1.29, 1.82) is 0 Å². The average molecular weight is 434 g/mol. The Balaban J connectivity index is 3.44. The molecule has 1 aromatic rings. The summed E-state index contributed by atoms with van der Waals surface area (Å²) in [5, 5.41) is -7.03. The minimum atomic E-state index is -7.44. The van der Waals surface area contributed by atoms with E-state index in [2.05, 4.69) is 8.92 Å². The molecule has 5 nitrogen and oxygen atoms in total. The van der Waals surface area contributed by atoms with Crippen molar-refractivity contribution in [2.75, 3.05) is 7.11 Å². The summed E-state index contributed by atoms with van der Waals surface area (Å²) in [6.07, 6.45) is -7.41. The lowest BCUT2D eigenvalue weighted by molar-refractivity contribution is -0.382. The van der Waals surface area contributed by atoms with E-state index in [1.54, 1.807) is 0 Å². The zero-order valence-corrected chi connectivity index (χ0v) is 13.5. The van der Waals surface area contributed by atoms with Gasteiger partial charge < -0.3 is 8.92 Å². The molecule has 27 heavy (non-hydrogen) atoms. The number of carbonyl (C=O) groups excluding carboxylic acids is 1. The SMILES string of the molecule is COc1ccc(OS(=O)(=O)C(F)(F)C(F)(F)C(F)(F)C(F)(F)F)c(C=O)c1. The zero-order chi connectivity index (χ0) is 21.5. The molecule has 0 radical (unpaired) electrons. The number of halogens is 9. The number of hydrogen-bond donors (Lipinski definition) is 0. The predicted octanol–water partition coefficient (Wildman–Crippen LogP) is 3.64. The lowest BCUT2D eigenvalue weighted by Crippen LogP contribution is -2.63. The van der Waals surface area contributed by atoms with Gasteiger partial charge in [0.25, 0.3) is 0 Å². The van der Waals surface area contributed by atoms with Gasteiger partial charge in [-0.3, -0.25) is 4.79 Å². The fourth-order valence-electron chi connectivity index (χ4n) is 1.51. The first kappa shape index (κ1) is 22.9. The third kappa shape index (κ3) is 3.64. The molecule has 0 aliphatic carbocycles. The van der Waals surface area contributed by atoms with Crippen molar-refractivity contribution in [2.45, 2.75) is 23.3 Å². The van der Waals surface area contributed by atoms with Gasteiger partial charge in [-0.15, -0.1) is 0 Å². The van der Waals surface area contributed by atoms with Crippen LogP contribution in [0.2, 0.25) is 0 Å². The molecule has 0 unspecified atom stereocenters. The van der Waals surface area contributed by atoms with Crippen molar-refractivity contribution in [3.63, 3.8) is 0 Å². The summed E-state index contributed by atoms with van der Waals surface area (Å²) >= 11 is 0. The van der Waals surface area contributed by atoms with Crippen LogP contribution in [-0.4, -0.2) is 45.1 Å². The molecule has 0 amide bonds. The first-order valence-corrected chi connectivity index (χ1v) is 7.64. The van der Waals surface area contributed by atoms with Gasteiger partial charge in [-0.05, 0) is 18.2 Å². The van der Waals surface area contributed by atoms with E-state index >= 15 is 0 Å². The Labute approximate surface area is 144 Å². The maximum absolute atomic E-state index is 13.5. The van der Waals surface area contributed by atoms with Gasteiger partial charge >= 0.3 is 33.4 Å². The van der Waals surface area contributed by atoms with Crippen LogP contribution < -0.4 is 8.92 Å². The Morgan fingerprint density at radius 2 is 1.44 bits per heavy atom. The largest absolute Gasteiger partial charge is 0.497 e. The Kier molecular flexibility index (Phi) is 5.72. The van der Waals surface area contributed by atoms with E-state index in [0.29, 0.717) is 12.1 Å². The standard InChI is InChI=1S/C12H7F9O5S/c1-25-7-2-3-8(6(4-7)5-22)26-27(23,24)12(20,21)10(15,16)9(13,14)11(17,18)19/h2-5H,1H3. The Morgan fingerprint density at radius 1 is 0.926 bits per heavy atom. The monoisotopic (exact) mass is 434 g/mol. The zero-order valence-electron chi connectivity index (χ0n) is 12.7. The van der Waals surface area contributed by atoms with Crippen LogP contribution in [0.4, 0.5) is 39.5 Å². The van der Waals surface area contributed by atoms with Crippen molar-refractivity contribution in [3.8, 4) is 11.5 Å². The molecule has 1 aromatic carbocycles. The van der Waals surface area contributed by atoms with E-state index in [4.69, 9.17) is 0 Å². The maximum Gasteiger partial charge on any atom is 0.460 e. The lowest BCUT2D eigenvalue weighted by Gasteiger charge is -2.32. The number of benzene rings is 1. The second-order valence-electron chi connectivity index (χ2n) is 4.72. The van der Waals surface area contributed by atoms with Crippen LogP contribution in [0.15, 0.2) is 18.2 Å². The molecular weight excluding hydrogens is 427 g/mol. The molecule has 0 atom stereocenters. The van der Waals surface area contributed by atoms with Crippen molar-refractivity contribution >= 4 is 16.4 Å². The molecule has 0 aliphatic heterocycles. The highest BCUT2D eigenvalue weighted by Gasteiger charge is 2.86. The number of hydrogen-bond acceptors (Lipinski definition) is 5. The van der Waals surface area contributed by atoms with Crippen LogP contribution in [0, 0.1) is 0 Å². The van der Waals surface area contributed by atoms with E-state index in [0.717, 1.165) is 13.2 Å². The van der Waals surface area contributed by atoms with Gasteiger partial charge in [-0.25, -0.2) is 0 Å². The molecule has 0 fully saturated rings. The van der Waals surface area contributed by atoms with Crippen LogP contribution in [0.3, 0.4) is 0 Å². The van der Waals surface area contributed by atoms with Gasteiger partial charge in [0.1, 0.15) is 5.75 Å². The van der Waals surface area contributed by atoms with Gasteiger partial charge in [0.15, 0.2) is 12.0 Å². The Bertz CT molecular complexity index is 817. The topological polar surface area (TPSA) is 69.7 Å². The third-order valence-corrected chi connectivity index (χ3v) is 4.26. The van der Waals surface area contributed by atoms with Crippen molar-refractivity contribution in [3.05, 3.63) is 23.8 Å². The molecule has 0 heterocycles. The van der Waals surface area contributed by atoms with Crippen LogP contribution in [0.25, 0.3) is 0 Å². The fourth-order valence-corrected chi connectivity index (χ4v) is 2.44. The number of rotatable bonds is 7. The summed E-state index contributed by atoms with van der Waals surface area (Å²) in [6, 6.07) is 1.95. The van der Waals surface area contributed by atoms with Crippen LogP contribution in [0.5, 0.6) is 11.5 Å². The van der Waals surface area contributed by atoms with Gasteiger partial charge in [0.05, 0.1) is 12.7 Å². The Morgan fingerprint density at radius 3 is 1.85 bits per heavy atom. The average Bonchev–Trinajstić information content (AvgIpc) is 2.53. The molecule has 0 saturated carbocycles. The van der Waals surface area contributed by atoms with Crippen molar-refractivity contribution in [1.82, 2.24) is 0 Å². The first-order chi connectivity index (χ1) is 12.0. The fraction of sp³-hybridized carbons (Fsp3) is 0.417. The molecule has 154 valence electrons. The highest BCUT2D eigenvalue weighted by Crippen LogP contribution is 2.55. The molecule has 0 aromatic heterocycles. The first-order valence-electron chi connectivity index (χ1n) is 6.23. The van der Waals surface area contributed by atoms with Crippen LogP contribution >= 0.6 is 0 Å². The van der Waals surface area contributed by atoms with Gasteiger partial charge in [-0.2, -0.15) is 47.9 Å². The van der Waals surface area contributed by atoms with Crippen molar-refractivity contribution in [2.24, 2.45) is 0 Å². The van der Waals surface area contributed by atoms with Gasteiger partial charge in [-0.1, -0.05) is 0 Å². The highest BCUT2D eigenvalue weighted by molar-refractivity contribution is 7.88. The molecule has 1 rings (SSSR count). The van der Waals surface area contributed by atoms with Crippen LogP contribution in [-0.2, 0) is 10.1 Å². The third-order valence-electron chi connectivity index (χ3n) is 2.97. The molecular formula is C12H7F9O5S. The summed E-state index contributed by atoms with van der Waals surface area (Å²) in [5.74, 6) is -16.3. The van der Waals surface area contributed by atoms with Crippen LogP contribution in [0.1, 0.15) is 10.4 Å². The minimum absolute atomic E-state index is 0.150. The summed E-state index contributed by atoms with van der Waals surface area (Å²) in [6.45, 7) is 0. The smallest absolute Gasteiger partial charge is 0.460 e. The molecule has 15 heteroatoms. The number of aldehydes is 1. The number of methoxy groups -OCH3 is 1. The van der Waals surface area contributed by atoms with Gasteiger partial charge in [0.2, 0.25) is 0 Å². The second kappa shape index (κ2) is 6.76. The Hall–Kier alpha value is -2.19. The molecule has 0 bridgehead atoms. The summed E-state index contributed by atoms with van der Waals surface area (Å²) in [5.41, 5.74) is -0.861. The van der Waals surface area contributed by atoms with Crippen molar-refractivity contribution < 1.29 is 61.6 Å². The normalized spacial score (nSPS) is 14.0. The van der Waals surface area contributed by atoms with E-state index in [-0.39, 0.29) is 12.0 Å². The minimum Gasteiger partial charge on any atom is -0.497 e. The summed E-state index contributed by atoms with van der Waals surface area (Å²) < 4.78 is 146. The maximum atomic E-state index is 13.5.